The molecule has 0 aromatic heterocycles. The van der Waals surface area contributed by atoms with E-state index in [1.165, 1.54) is 31.2 Å². The third-order valence-electron chi connectivity index (χ3n) is 4.75. The molecule has 1 aromatic carbocycles. The average molecular weight is 252 g/mol. The van der Waals surface area contributed by atoms with Crippen LogP contribution >= 0.6 is 11.6 Å². The lowest BCUT2D eigenvalue weighted by molar-refractivity contribution is 0.0183. The molecule has 0 heterocycles. The van der Waals surface area contributed by atoms with Gasteiger partial charge in [-0.05, 0) is 36.0 Å². The predicted molar refractivity (Wildman–Crippen MR) is 74.4 cm³/mol. The molecule has 0 atom stereocenters. The van der Waals surface area contributed by atoms with Crippen LogP contribution in [0, 0.1) is 5.41 Å². The molecule has 0 unspecified atom stereocenters. The number of benzene rings is 1. The standard InChI is InChI=1S/C15H22ClN/c1-3-14(4-2)9-15(10-14,11-17)12-6-5-7-13(16)8-12/h5-8H,3-4,9-11,17H2,1-2H3. The van der Waals surface area contributed by atoms with Crippen molar-refractivity contribution in [1.82, 2.24) is 0 Å². The maximum absolute atomic E-state index is 6.09. The second-order valence-corrected chi connectivity index (χ2v) is 5.99. The van der Waals surface area contributed by atoms with Crippen LogP contribution in [0.15, 0.2) is 24.3 Å². The Morgan fingerprint density at radius 2 is 1.88 bits per heavy atom. The molecule has 2 rings (SSSR count). The van der Waals surface area contributed by atoms with Crippen molar-refractivity contribution in [2.45, 2.75) is 44.9 Å². The fourth-order valence-electron chi connectivity index (χ4n) is 3.42. The summed E-state index contributed by atoms with van der Waals surface area (Å²) in [4.78, 5) is 0. The largest absolute Gasteiger partial charge is 0.330 e. The Hall–Kier alpha value is -0.530. The van der Waals surface area contributed by atoms with E-state index in [1.807, 2.05) is 12.1 Å². The normalized spacial score (nSPS) is 20.9. The fraction of sp³-hybridized carbons (Fsp3) is 0.600. The van der Waals surface area contributed by atoms with Gasteiger partial charge in [-0.2, -0.15) is 0 Å². The first kappa shape index (κ1) is 12.9. The summed E-state index contributed by atoms with van der Waals surface area (Å²) in [6, 6.07) is 8.23. The van der Waals surface area contributed by atoms with Gasteiger partial charge in [0.2, 0.25) is 0 Å². The Kier molecular flexibility index (Phi) is 3.51. The van der Waals surface area contributed by atoms with Crippen LogP contribution in [0.1, 0.15) is 45.1 Å². The monoisotopic (exact) mass is 251 g/mol. The van der Waals surface area contributed by atoms with Crippen LogP contribution < -0.4 is 5.73 Å². The van der Waals surface area contributed by atoms with Crippen molar-refractivity contribution in [2.75, 3.05) is 6.54 Å². The zero-order chi connectivity index (χ0) is 12.5. The molecule has 2 N–H and O–H groups in total. The van der Waals surface area contributed by atoms with Crippen molar-refractivity contribution in [3.63, 3.8) is 0 Å². The summed E-state index contributed by atoms with van der Waals surface area (Å²) in [5.41, 5.74) is 8.06. The maximum Gasteiger partial charge on any atom is 0.0408 e. The number of hydrogen-bond acceptors (Lipinski definition) is 1. The second kappa shape index (κ2) is 4.62. The van der Waals surface area contributed by atoms with Gasteiger partial charge in [0.15, 0.2) is 0 Å². The van der Waals surface area contributed by atoms with Crippen LogP contribution in [0.5, 0.6) is 0 Å². The Bertz CT molecular complexity index is 388. The van der Waals surface area contributed by atoms with Crippen molar-refractivity contribution >= 4 is 11.6 Å². The van der Waals surface area contributed by atoms with Gasteiger partial charge in [-0.3, -0.25) is 0 Å². The van der Waals surface area contributed by atoms with Crippen molar-refractivity contribution < 1.29 is 0 Å². The van der Waals surface area contributed by atoms with E-state index in [-0.39, 0.29) is 5.41 Å². The van der Waals surface area contributed by atoms with Gasteiger partial charge in [0.25, 0.3) is 0 Å². The number of nitrogens with two attached hydrogens (primary N) is 1. The Morgan fingerprint density at radius 1 is 1.24 bits per heavy atom. The van der Waals surface area contributed by atoms with Gasteiger partial charge in [0.1, 0.15) is 0 Å². The van der Waals surface area contributed by atoms with Crippen LogP contribution in [0.4, 0.5) is 0 Å². The molecule has 1 saturated carbocycles. The van der Waals surface area contributed by atoms with Gasteiger partial charge in [0, 0.05) is 17.0 Å². The van der Waals surface area contributed by atoms with E-state index < -0.39 is 0 Å². The summed E-state index contributed by atoms with van der Waals surface area (Å²) in [5, 5.41) is 0.820. The molecule has 0 amide bonds. The molecular weight excluding hydrogens is 230 g/mol. The van der Waals surface area contributed by atoms with Gasteiger partial charge >= 0.3 is 0 Å². The molecule has 1 aromatic rings. The maximum atomic E-state index is 6.09. The van der Waals surface area contributed by atoms with Crippen molar-refractivity contribution in [2.24, 2.45) is 11.1 Å². The topological polar surface area (TPSA) is 26.0 Å². The molecule has 1 fully saturated rings. The van der Waals surface area contributed by atoms with E-state index in [0.717, 1.165) is 11.6 Å². The van der Waals surface area contributed by atoms with E-state index in [1.54, 1.807) is 0 Å². The summed E-state index contributed by atoms with van der Waals surface area (Å²) >= 11 is 6.09. The number of rotatable bonds is 4. The molecule has 0 bridgehead atoms. The predicted octanol–water partition coefficient (Wildman–Crippen LogP) is 4.14. The molecular formula is C15H22ClN. The Morgan fingerprint density at radius 3 is 2.35 bits per heavy atom. The van der Waals surface area contributed by atoms with E-state index in [0.29, 0.717) is 5.41 Å². The summed E-state index contributed by atoms with van der Waals surface area (Å²) in [7, 11) is 0. The van der Waals surface area contributed by atoms with Crippen LogP contribution in [-0.2, 0) is 5.41 Å². The fourth-order valence-corrected chi connectivity index (χ4v) is 3.61. The van der Waals surface area contributed by atoms with E-state index in [2.05, 4.69) is 26.0 Å². The minimum Gasteiger partial charge on any atom is -0.330 e. The zero-order valence-corrected chi connectivity index (χ0v) is 11.6. The minimum atomic E-state index is 0.177. The van der Waals surface area contributed by atoms with Crippen LogP contribution in [0.2, 0.25) is 5.02 Å². The Labute approximate surface area is 109 Å². The smallest absolute Gasteiger partial charge is 0.0408 e. The first-order valence-corrected chi connectivity index (χ1v) is 6.94. The van der Waals surface area contributed by atoms with Crippen LogP contribution in [0.25, 0.3) is 0 Å². The SMILES string of the molecule is CCC1(CC)CC(CN)(c2cccc(Cl)c2)C1. The minimum absolute atomic E-state index is 0.177. The van der Waals surface area contributed by atoms with Gasteiger partial charge < -0.3 is 5.73 Å². The van der Waals surface area contributed by atoms with Crippen LogP contribution in [-0.4, -0.2) is 6.54 Å². The second-order valence-electron chi connectivity index (χ2n) is 5.56. The molecule has 1 nitrogen and oxygen atoms in total. The van der Waals surface area contributed by atoms with Gasteiger partial charge in [-0.15, -0.1) is 0 Å². The van der Waals surface area contributed by atoms with Crippen LogP contribution in [0.3, 0.4) is 0 Å². The van der Waals surface area contributed by atoms with E-state index >= 15 is 0 Å². The van der Waals surface area contributed by atoms with Gasteiger partial charge in [0.05, 0.1) is 0 Å². The van der Waals surface area contributed by atoms with E-state index in [9.17, 15) is 0 Å². The lowest BCUT2D eigenvalue weighted by Gasteiger charge is -2.56. The summed E-state index contributed by atoms with van der Waals surface area (Å²) in [6.07, 6.45) is 4.94. The van der Waals surface area contributed by atoms with Crippen molar-refractivity contribution in [3.8, 4) is 0 Å². The molecule has 0 spiro atoms. The highest BCUT2D eigenvalue weighted by Gasteiger charge is 2.52. The number of hydrogen-bond donors (Lipinski definition) is 1. The zero-order valence-electron chi connectivity index (χ0n) is 10.8. The third kappa shape index (κ3) is 2.11. The van der Waals surface area contributed by atoms with Gasteiger partial charge in [-0.1, -0.05) is 50.4 Å². The van der Waals surface area contributed by atoms with Crippen molar-refractivity contribution in [3.05, 3.63) is 34.9 Å². The Balaban J connectivity index is 2.25. The molecule has 2 heteroatoms. The average Bonchev–Trinajstić information content (AvgIpc) is 2.30. The first-order chi connectivity index (χ1) is 8.10. The highest BCUT2D eigenvalue weighted by molar-refractivity contribution is 6.30. The van der Waals surface area contributed by atoms with Gasteiger partial charge in [-0.25, -0.2) is 0 Å². The molecule has 0 saturated heterocycles. The molecule has 0 radical (unpaired) electrons. The quantitative estimate of drug-likeness (QED) is 0.855. The third-order valence-corrected chi connectivity index (χ3v) is 4.99. The molecule has 94 valence electrons. The molecule has 1 aliphatic carbocycles. The lowest BCUT2D eigenvalue weighted by Crippen LogP contribution is -2.53. The van der Waals surface area contributed by atoms with E-state index in [4.69, 9.17) is 17.3 Å². The number of halogens is 1. The summed E-state index contributed by atoms with van der Waals surface area (Å²) < 4.78 is 0. The summed E-state index contributed by atoms with van der Waals surface area (Å²) in [6.45, 7) is 5.32. The highest BCUT2D eigenvalue weighted by Crippen LogP contribution is 2.58. The molecule has 1 aliphatic rings. The molecule has 17 heavy (non-hydrogen) atoms. The lowest BCUT2D eigenvalue weighted by atomic mass is 9.48. The summed E-state index contributed by atoms with van der Waals surface area (Å²) in [5.74, 6) is 0. The highest BCUT2D eigenvalue weighted by atomic mass is 35.5. The first-order valence-electron chi connectivity index (χ1n) is 6.56. The van der Waals surface area contributed by atoms with Crippen molar-refractivity contribution in [1.29, 1.82) is 0 Å². The molecule has 0 aliphatic heterocycles.